The summed E-state index contributed by atoms with van der Waals surface area (Å²) in [5.41, 5.74) is 0.184. The van der Waals surface area contributed by atoms with Crippen LogP contribution in [0.1, 0.15) is 12.0 Å². The van der Waals surface area contributed by atoms with Gasteiger partial charge in [0.2, 0.25) is 0 Å². The van der Waals surface area contributed by atoms with Crippen LogP contribution >= 0.6 is 0 Å². The molecule has 0 aliphatic heterocycles. The predicted octanol–water partition coefficient (Wildman–Crippen LogP) is 3.09. The largest absolute Gasteiger partial charge is 0.390 e. The van der Waals surface area contributed by atoms with Gasteiger partial charge in [0.1, 0.15) is 5.82 Å². The maximum Gasteiger partial charge on any atom is 0.390 e. The molecule has 0 unspecified atom stereocenters. The third kappa shape index (κ3) is 3.94. The molecule has 0 aliphatic rings. The highest BCUT2D eigenvalue weighted by Gasteiger charge is 2.27. The summed E-state index contributed by atoms with van der Waals surface area (Å²) in [6.45, 7) is -0.327. The lowest BCUT2D eigenvalue weighted by Crippen LogP contribution is -2.24. The minimum atomic E-state index is -4.27. The molecule has 0 aromatic heterocycles. The van der Waals surface area contributed by atoms with E-state index in [1.54, 1.807) is 6.07 Å². The molecule has 0 aliphatic carbocycles. The molecule has 2 nitrogen and oxygen atoms in total. The summed E-state index contributed by atoms with van der Waals surface area (Å²) >= 11 is 0. The Bertz CT molecular complexity index is 434. The van der Waals surface area contributed by atoms with E-state index in [2.05, 4.69) is 0 Å². The lowest BCUT2D eigenvalue weighted by Gasteiger charge is -2.20. The monoisotopic (exact) mass is 246 g/mol. The van der Waals surface area contributed by atoms with Crippen LogP contribution in [0.25, 0.3) is 0 Å². The molecule has 0 N–H and O–H groups in total. The van der Waals surface area contributed by atoms with Crippen LogP contribution in [0.3, 0.4) is 0 Å². The van der Waals surface area contributed by atoms with E-state index in [0.717, 1.165) is 6.07 Å². The third-order valence-corrected chi connectivity index (χ3v) is 2.22. The molecular weight excluding hydrogens is 236 g/mol. The fourth-order valence-electron chi connectivity index (χ4n) is 1.30. The SMILES string of the molecule is CN(CCC(F)(F)F)c1ccc(C#N)cc1F. The number of nitrogens with zero attached hydrogens (tertiary/aromatic N) is 2. The van der Waals surface area contributed by atoms with Gasteiger partial charge in [-0.25, -0.2) is 4.39 Å². The molecule has 0 fully saturated rings. The Morgan fingerprint density at radius 3 is 2.47 bits per heavy atom. The lowest BCUT2D eigenvalue weighted by atomic mass is 10.2. The molecule has 1 aromatic rings. The van der Waals surface area contributed by atoms with E-state index in [9.17, 15) is 17.6 Å². The van der Waals surface area contributed by atoms with Gasteiger partial charge in [-0.2, -0.15) is 18.4 Å². The second kappa shape index (κ2) is 5.04. The predicted molar refractivity (Wildman–Crippen MR) is 55.1 cm³/mol. The summed E-state index contributed by atoms with van der Waals surface area (Å²) < 4.78 is 49.4. The maximum atomic E-state index is 13.4. The first-order valence-corrected chi connectivity index (χ1v) is 4.81. The zero-order chi connectivity index (χ0) is 13.1. The number of alkyl halides is 3. The number of benzene rings is 1. The number of halogens is 4. The standard InChI is InChI=1S/C11H10F4N2/c1-17(5-4-11(13,14)15)10-3-2-8(7-16)6-9(10)12/h2-3,6H,4-5H2,1H3. The van der Waals surface area contributed by atoms with Gasteiger partial charge >= 0.3 is 6.18 Å². The van der Waals surface area contributed by atoms with Crippen molar-refractivity contribution in [3.8, 4) is 6.07 Å². The van der Waals surface area contributed by atoms with Gasteiger partial charge in [-0.05, 0) is 18.2 Å². The van der Waals surface area contributed by atoms with E-state index < -0.39 is 18.4 Å². The smallest absolute Gasteiger partial charge is 0.372 e. The first-order chi connectivity index (χ1) is 7.83. The molecule has 1 aromatic carbocycles. The van der Waals surface area contributed by atoms with Crippen LogP contribution in [0.2, 0.25) is 0 Å². The zero-order valence-corrected chi connectivity index (χ0v) is 9.05. The molecule has 0 saturated heterocycles. The van der Waals surface area contributed by atoms with Crippen molar-refractivity contribution in [3.05, 3.63) is 29.6 Å². The molecule has 0 radical (unpaired) electrons. The highest BCUT2D eigenvalue weighted by molar-refractivity contribution is 5.50. The first-order valence-electron chi connectivity index (χ1n) is 4.81. The lowest BCUT2D eigenvalue weighted by molar-refractivity contribution is -0.132. The average Bonchev–Trinajstić information content (AvgIpc) is 2.24. The minimum absolute atomic E-state index is 0.0493. The Morgan fingerprint density at radius 2 is 2.00 bits per heavy atom. The number of nitriles is 1. The van der Waals surface area contributed by atoms with E-state index in [-0.39, 0.29) is 17.8 Å². The summed E-state index contributed by atoms with van der Waals surface area (Å²) in [6, 6.07) is 5.41. The zero-order valence-electron chi connectivity index (χ0n) is 9.05. The molecule has 0 heterocycles. The van der Waals surface area contributed by atoms with Gasteiger partial charge in [-0.3, -0.25) is 0 Å². The van der Waals surface area contributed by atoms with Gasteiger partial charge in [0, 0.05) is 13.6 Å². The number of anilines is 1. The van der Waals surface area contributed by atoms with Gasteiger partial charge in [0.15, 0.2) is 0 Å². The average molecular weight is 246 g/mol. The fraction of sp³-hybridized carbons (Fsp3) is 0.364. The summed E-state index contributed by atoms with van der Waals surface area (Å²) in [7, 11) is 1.37. The van der Waals surface area contributed by atoms with E-state index >= 15 is 0 Å². The quantitative estimate of drug-likeness (QED) is 0.766. The highest BCUT2D eigenvalue weighted by Crippen LogP contribution is 2.23. The van der Waals surface area contributed by atoms with Gasteiger partial charge in [-0.15, -0.1) is 0 Å². The van der Waals surface area contributed by atoms with Crippen LogP contribution in [-0.4, -0.2) is 19.8 Å². The number of rotatable bonds is 3. The highest BCUT2D eigenvalue weighted by atomic mass is 19.4. The summed E-state index contributed by atoms with van der Waals surface area (Å²) in [4.78, 5) is 1.17. The summed E-state index contributed by atoms with van der Waals surface area (Å²) in [5.74, 6) is -0.700. The Morgan fingerprint density at radius 1 is 1.35 bits per heavy atom. The van der Waals surface area contributed by atoms with Crippen molar-refractivity contribution in [1.82, 2.24) is 0 Å². The molecular formula is C11H10F4N2. The van der Waals surface area contributed by atoms with Gasteiger partial charge in [0.25, 0.3) is 0 Å². The topological polar surface area (TPSA) is 27.0 Å². The van der Waals surface area contributed by atoms with Crippen LogP contribution in [-0.2, 0) is 0 Å². The van der Waals surface area contributed by atoms with Gasteiger partial charge < -0.3 is 4.90 Å². The molecule has 0 saturated carbocycles. The van der Waals surface area contributed by atoms with Crippen molar-refractivity contribution in [2.45, 2.75) is 12.6 Å². The maximum absolute atomic E-state index is 13.4. The van der Waals surface area contributed by atoms with Crippen LogP contribution in [0.4, 0.5) is 23.2 Å². The van der Waals surface area contributed by atoms with Crippen molar-refractivity contribution >= 4 is 5.69 Å². The number of hydrogen-bond acceptors (Lipinski definition) is 2. The summed E-state index contributed by atoms with van der Waals surface area (Å²) in [5, 5.41) is 8.52. The Balaban J connectivity index is 2.76. The van der Waals surface area contributed by atoms with E-state index in [0.29, 0.717) is 0 Å². The van der Waals surface area contributed by atoms with E-state index in [1.807, 2.05) is 0 Å². The molecule has 0 bridgehead atoms. The van der Waals surface area contributed by atoms with Crippen molar-refractivity contribution < 1.29 is 17.6 Å². The van der Waals surface area contributed by atoms with Crippen molar-refractivity contribution in [1.29, 1.82) is 5.26 Å². The molecule has 0 amide bonds. The first kappa shape index (κ1) is 13.3. The summed E-state index contributed by atoms with van der Waals surface area (Å²) in [6.07, 6.45) is -5.28. The molecule has 92 valence electrons. The number of hydrogen-bond donors (Lipinski definition) is 0. The van der Waals surface area contributed by atoms with E-state index in [1.165, 1.54) is 24.1 Å². The minimum Gasteiger partial charge on any atom is -0.372 e. The van der Waals surface area contributed by atoms with Gasteiger partial charge in [-0.1, -0.05) is 0 Å². The Labute approximate surface area is 96.1 Å². The molecule has 6 heteroatoms. The Hall–Kier alpha value is -1.77. The molecule has 0 atom stereocenters. The van der Waals surface area contributed by atoms with Crippen LogP contribution in [0.15, 0.2) is 18.2 Å². The molecule has 0 spiro atoms. The molecule has 17 heavy (non-hydrogen) atoms. The second-order valence-electron chi connectivity index (χ2n) is 3.56. The van der Waals surface area contributed by atoms with Crippen LogP contribution < -0.4 is 4.90 Å². The van der Waals surface area contributed by atoms with Crippen molar-refractivity contribution in [3.63, 3.8) is 0 Å². The normalized spacial score (nSPS) is 11.1. The fourth-order valence-corrected chi connectivity index (χ4v) is 1.30. The van der Waals surface area contributed by atoms with E-state index in [4.69, 9.17) is 5.26 Å². The Kier molecular flexibility index (Phi) is 3.94. The van der Waals surface area contributed by atoms with Gasteiger partial charge in [0.05, 0.1) is 23.7 Å². The van der Waals surface area contributed by atoms with Crippen molar-refractivity contribution in [2.24, 2.45) is 0 Å². The van der Waals surface area contributed by atoms with Crippen LogP contribution in [0.5, 0.6) is 0 Å². The van der Waals surface area contributed by atoms with Crippen molar-refractivity contribution in [2.75, 3.05) is 18.5 Å². The second-order valence-corrected chi connectivity index (χ2v) is 3.56. The third-order valence-electron chi connectivity index (χ3n) is 2.22. The van der Waals surface area contributed by atoms with Crippen LogP contribution in [0, 0.1) is 17.1 Å². The molecule has 1 rings (SSSR count).